The minimum Gasteiger partial charge on any atom is -0.487 e. The molecule has 0 radical (unpaired) electrons. The van der Waals surface area contributed by atoms with Crippen molar-refractivity contribution in [2.75, 3.05) is 23.4 Å². The van der Waals surface area contributed by atoms with Crippen LogP contribution in [0.25, 0.3) is 0 Å². The molecule has 0 unspecified atom stereocenters. The number of ether oxygens (including phenoxy) is 1. The summed E-state index contributed by atoms with van der Waals surface area (Å²) < 4.78 is 28.7. The van der Waals surface area contributed by atoms with Crippen molar-refractivity contribution in [1.29, 1.82) is 0 Å². The van der Waals surface area contributed by atoms with E-state index in [1.807, 2.05) is 42.5 Å². The van der Waals surface area contributed by atoms with Crippen LogP contribution in [0.3, 0.4) is 0 Å². The summed E-state index contributed by atoms with van der Waals surface area (Å²) in [4.78, 5) is 12.1. The lowest BCUT2D eigenvalue weighted by Crippen LogP contribution is -2.33. The zero-order valence-electron chi connectivity index (χ0n) is 14.4. The van der Waals surface area contributed by atoms with Gasteiger partial charge in [-0.05, 0) is 30.0 Å². The van der Waals surface area contributed by atoms with Crippen LogP contribution in [0.4, 0.5) is 10.5 Å². The molecule has 2 aromatic carbocycles. The predicted octanol–water partition coefficient (Wildman–Crippen LogP) is 2.82. The lowest BCUT2D eigenvalue weighted by molar-refractivity contribution is 0.250. The largest absolute Gasteiger partial charge is 0.487 e. The van der Waals surface area contributed by atoms with Gasteiger partial charge in [0.25, 0.3) is 0 Å². The molecule has 1 aliphatic heterocycles. The van der Waals surface area contributed by atoms with Crippen LogP contribution in [0, 0.1) is 5.92 Å². The van der Waals surface area contributed by atoms with Crippen LogP contribution in [0.5, 0.6) is 5.75 Å². The highest BCUT2D eigenvalue weighted by molar-refractivity contribution is 7.91. The number of amides is 2. The van der Waals surface area contributed by atoms with Crippen molar-refractivity contribution < 1.29 is 17.9 Å². The SMILES string of the molecule is O=C(NC[C@@H]1CCS(=O)(=O)C1)Nc1ccccc1OCc1ccccc1. The molecule has 0 aromatic heterocycles. The van der Waals surface area contributed by atoms with E-state index in [9.17, 15) is 13.2 Å². The van der Waals surface area contributed by atoms with Gasteiger partial charge in [0.15, 0.2) is 9.84 Å². The molecule has 1 atom stereocenters. The van der Waals surface area contributed by atoms with Gasteiger partial charge in [0, 0.05) is 6.54 Å². The number of carbonyl (C=O) groups excluding carboxylic acids is 1. The number of para-hydroxylation sites is 2. The summed E-state index contributed by atoms with van der Waals surface area (Å²) in [5.41, 5.74) is 1.61. The average Bonchev–Trinajstić information content (AvgIpc) is 2.99. The van der Waals surface area contributed by atoms with E-state index in [-0.39, 0.29) is 23.5 Å². The van der Waals surface area contributed by atoms with E-state index in [1.54, 1.807) is 12.1 Å². The van der Waals surface area contributed by atoms with Gasteiger partial charge in [0.1, 0.15) is 12.4 Å². The summed E-state index contributed by atoms with van der Waals surface area (Å²) in [5.74, 6) is 0.909. The fourth-order valence-electron chi connectivity index (χ4n) is 2.87. The van der Waals surface area contributed by atoms with Gasteiger partial charge < -0.3 is 15.4 Å². The van der Waals surface area contributed by atoms with Crippen molar-refractivity contribution in [3.05, 3.63) is 60.2 Å². The van der Waals surface area contributed by atoms with Crippen LogP contribution in [0.1, 0.15) is 12.0 Å². The maximum absolute atomic E-state index is 12.1. The zero-order valence-corrected chi connectivity index (χ0v) is 15.2. The summed E-state index contributed by atoms with van der Waals surface area (Å²) in [6.07, 6.45) is 0.597. The van der Waals surface area contributed by atoms with E-state index < -0.39 is 9.84 Å². The quantitative estimate of drug-likeness (QED) is 0.814. The number of anilines is 1. The van der Waals surface area contributed by atoms with Crippen molar-refractivity contribution in [3.8, 4) is 5.75 Å². The lowest BCUT2D eigenvalue weighted by Gasteiger charge is -2.14. The van der Waals surface area contributed by atoms with Crippen molar-refractivity contribution in [1.82, 2.24) is 5.32 Å². The Morgan fingerprint density at radius 1 is 1.08 bits per heavy atom. The third kappa shape index (κ3) is 5.23. The summed E-state index contributed by atoms with van der Waals surface area (Å²) in [5, 5.41) is 5.51. The maximum atomic E-state index is 12.1. The fourth-order valence-corrected chi connectivity index (χ4v) is 4.73. The normalized spacial score (nSPS) is 18.2. The Hall–Kier alpha value is -2.54. The Kier molecular flexibility index (Phi) is 5.78. The standard InChI is InChI=1S/C19H22N2O4S/c22-19(20-12-16-10-11-26(23,24)14-16)21-17-8-4-5-9-18(17)25-13-15-6-2-1-3-7-15/h1-9,16H,10-14H2,(H2,20,21,22)/t16-/m0/s1. The molecule has 138 valence electrons. The van der Waals surface area contributed by atoms with Gasteiger partial charge in [0.2, 0.25) is 0 Å². The Labute approximate surface area is 153 Å². The molecule has 0 bridgehead atoms. The van der Waals surface area contributed by atoms with Crippen molar-refractivity contribution in [2.45, 2.75) is 13.0 Å². The molecule has 7 heteroatoms. The monoisotopic (exact) mass is 374 g/mol. The van der Waals surface area contributed by atoms with Gasteiger partial charge in [0.05, 0.1) is 17.2 Å². The average molecular weight is 374 g/mol. The van der Waals surface area contributed by atoms with Crippen LogP contribution in [0.2, 0.25) is 0 Å². The first-order chi connectivity index (χ1) is 12.5. The summed E-state index contributed by atoms with van der Waals surface area (Å²) in [6.45, 7) is 0.749. The van der Waals surface area contributed by atoms with E-state index in [1.165, 1.54) is 0 Å². The van der Waals surface area contributed by atoms with Crippen molar-refractivity contribution >= 4 is 21.6 Å². The Morgan fingerprint density at radius 2 is 1.81 bits per heavy atom. The molecule has 1 saturated heterocycles. The Morgan fingerprint density at radius 3 is 2.54 bits per heavy atom. The van der Waals surface area contributed by atoms with E-state index in [0.29, 0.717) is 31.0 Å². The van der Waals surface area contributed by atoms with Crippen LogP contribution in [0.15, 0.2) is 54.6 Å². The summed E-state index contributed by atoms with van der Waals surface area (Å²) in [6, 6.07) is 16.6. The Bertz CT molecular complexity index is 853. The number of benzene rings is 2. The summed E-state index contributed by atoms with van der Waals surface area (Å²) in [7, 11) is -2.93. The maximum Gasteiger partial charge on any atom is 0.319 e. The molecule has 6 nitrogen and oxygen atoms in total. The molecule has 1 fully saturated rings. The van der Waals surface area contributed by atoms with E-state index in [4.69, 9.17) is 4.74 Å². The van der Waals surface area contributed by atoms with Gasteiger partial charge in [-0.15, -0.1) is 0 Å². The molecule has 1 heterocycles. The topological polar surface area (TPSA) is 84.5 Å². The first-order valence-corrected chi connectivity index (χ1v) is 10.3. The molecule has 1 aliphatic rings. The molecule has 0 saturated carbocycles. The first kappa shape index (κ1) is 18.3. The molecule has 0 aliphatic carbocycles. The minimum atomic E-state index is -2.93. The zero-order chi connectivity index (χ0) is 18.4. The van der Waals surface area contributed by atoms with Gasteiger partial charge in [-0.2, -0.15) is 0 Å². The van der Waals surface area contributed by atoms with Crippen molar-refractivity contribution in [3.63, 3.8) is 0 Å². The molecular formula is C19H22N2O4S. The highest BCUT2D eigenvalue weighted by Gasteiger charge is 2.27. The highest BCUT2D eigenvalue weighted by atomic mass is 32.2. The van der Waals surface area contributed by atoms with Gasteiger partial charge >= 0.3 is 6.03 Å². The van der Waals surface area contributed by atoms with Crippen molar-refractivity contribution in [2.24, 2.45) is 5.92 Å². The van der Waals surface area contributed by atoms with Crippen LogP contribution < -0.4 is 15.4 Å². The molecule has 2 N–H and O–H groups in total. The molecular weight excluding hydrogens is 352 g/mol. The number of hydrogen-bond acceptors (Lipinski definition) is 4. The molecule has 2 amide bonds. The number of rotatable bonds is 6. The number of nitrogens with one attached hydrogen (secondary N) is 2. The van der Waals surface area contributed by atoms with Gasteiger partial charge in [-0.3, -0.25) is 0 Å². The van der Waals surface area contributed by atoms with Gasteiger partial charge in [-0.25, -0.2) is 13.2 Å². The predicted molar refractivity (Wildman–Crippen MR) is 101 cm³/mol. The number of carbonyl (C=O) groups is 1. The second kappa shape index (κ2) is 8.23. The van der Waals surface area contributed by atoms with Crippen LogP contribution in [-0.4, -0.2) is 32.5 Å². The summed E-state index contributed by atoms with van der Waals surface area (Å²) >= 11 is 0. The smallest absolute Gasteiger partial charge is 0.319 e. The van der Waals surface area contributed by atoms with E-state index in [0.717, 1.165) is 5.56 Å². The number of sulfone groups is 1. The molecule has 2 aromatic rings. The second-order valence-corrected chi connectivity index (χ2v) is 8.60. The fraction of sp³-hybridized carbons (Fsp3) is 0.316. The van der Waals surface area contributed by atoms with Crippen LogP contribution in [-0.2, 0) is 16.4 Å². The van der Waals surface area contributed by atoms with E-state index in [2.05, 4.69) is 10.6 Å². The molecule has 0 spiro atoms. The van der Waals surface area contributed by atoms with E-state index >= 15 is 0 Å². The second-order valence-electron chi connectivity index (χ2n) is 6.37. The van der Waals surface area contributed by atoms with Gasteiger partial charge in [-0.1, -0.05) is 42.5 Å². The molecule has 3 rings (SSSR count). The number of hydrogen-bond donors (Lipinski definition) is 2. The third-order valence-electron chi connectivity index (χ3n) is 4.25. The lowest BCUT2D eigenvalue weighted by atomic mass is 10.1. The Balaban J connectivity index is 1.53. The molecule has 26 heavy (non-hydrogen) atoms. The number of urea groups is 1. The minimum absolute atomic E-state index is 0.0182. The van der Waals surface area contributed by atoms with Crippen LogP contribution >= 0.6 is 0 Å². The third-order valence-corrected chi connectivity index (χ3v) is 6.09. The first-order valence-electron chi connectivity index (χ1n) is 8.53. The highest BCUT2D eigenvalue weighted by Crippen LogP contribution is 2.25.